The molecule has 3 aromatic rings. The number of nitrogens with zero attached hydrogens (tertiary/aromatic N) is 4. The van der Waals surface area contributed by atoms with Gasteiger partial charge in [-0.25, -0.2) is 9.37 Å². The molecule has 4 nitrogen and oxygen atoms in total. The fraction of sp³-hybridized carbons (Fsp3) is 0.345. The minimum atomic E-state index is -0.183. The summed E-state index contributed by atoms with van der Waals surface area (Å²) in [4.78, 5) is 4.42. The van der Waals surface area contributed by atoms with Crippen LogP contribution in [0.2, 0.25) is 0 Å². The lowest BCUT2D eigenvalue weighted by molar-refractivity contribution is 0.285. The van der Waals surface area contributed by atoms with E-state index in [4.69, 9.17) is 0 Å². The van der Waals surface area contributed by atoms with E-state index in [1.54, 1.807) is 12.1 Å². The van der Waals surface area contributed by atoms with Crippen molar-refractivity contribution in [2.45, 2.75) is 51.9 Å². The van der Waals surface area contributed by atoms with Crippen molar-refractivity contribution in [3.8, 4) is 5.69 Å². The number of aromatic nitrogens is 2. The van der Waals surface area contributed by atoms with Crippen LogP contribution in [0.3, 0.4) is 0 Å². The summed E-state index contributed by atoms with van der Waals surface area (Å²) >= 11 is 0. The van der Waals surface area contributed by atoms with Gasteiger partial charge < -0.3 is 4.57 Å². The van der Waals surface area contributed by atoms with E-state index in [-0.39, 0.29) is 5.82 Å². The highest BCUT2D eigenvalue weighted by Crippen LogP contribution is 2.37. The molecule has 1 aromatic heterocycles. The van der Waals surface area contributed by atoms with Gasteiger partial charge in [0.1, 0.15) is 5.82 Å². The number of imidazole rings is 1. The van der Waals surface area contributed by atoms with E-state index >= 15 is 0 Å². The summed E-state index contributed by atoms with van der Waals surface area (Å²) in [5, 5.41) is 4.80. The highest BCUT2D eigenvalue weighted by atomic mass is 19.1. The molecule has 0 radical (unpaired) electrons. The Hall–Kier alpha value is -3.34. The third-order valence-corrected chi connectivity index (χ3v) is 7.39. The van der Waals surface area contributed by atoms with Gasteiger partial charge in [-0.1, -0.05) is 12.1 Å². The molecule has 34 heavy (non-hydrogen) atoms. The van der Waals surface area contributed by atoms with Gasteiger partial charge in [-0.05, 0) is 111 Å². The molecule has 0 N–H and O–H groups in total. The van der Waals surface area contributed by atoms with Crippen LogP contribution in [0.4, 0.5) is 10.1 Å². The standard InChI is InChI=1S/C29H31FN4/c1-21-19-32(20-31-21)29-15-8-22(26-13-14-27(26)29)18-23-6-5-17-34-28(23)7-3-2-4-16-33(34)25-11-9-24(30)10-12-25/h7-12,15,18-20H,2-6,13-14,16-17H2,1H3. The number of hydrogen-bond acceptors (Lipinski definition) is 3. The van der Waals surface area contributed by atoms with Crippen molar-refractivity contribution in [1.29, 1.82) is 0 Å². The molecule has 1 saturated heterocycles. The number of allylic oxidation sites excluding steroid dienone is 2. The van der Waals surface area contributed by atoms with Gasteiger partial charge in [0.15, 0.2) is 0 Å². The van der Waals surface area contributed by atoms with Crippen LogP contribution in [0.15, 0.2) is 66.3 Å². The van der Waals surface area contributed by atoms with Crippen molar-refractivity contribution >= 4 is 11.8 Å². The van der Waals surface area contributed by atoms with Crippen molar-refractivity contribution in [3.63, 3.8) is 0 Å². The fourth-order valence-corrected chi connectivity index (χ4v) is 5.58. The van der Waals surface area contributed by atoms with Gasteiger partial charge in [0.05, 0.1) is 23.4 Å². The lowest BCUT2D eigenvalue weighted by Crippen LogP contribution is -2.46. The van der Waals surface area contributed by atoms with Crippen LogP contribution in [0.25, 0.3) is 11.8 Å². The van der Waals surface area contributed by atoms with Crippen LogP contribution in [0.5, 0.6) is 0 Å². The molecule has 2 aliphatic heterocycles. The number of hydrogen-bond donors (Lipinski definition) is 0. The van der Waals surface area contributed by atoms with Gasteiger partial charge in [0, 0.05) is 25.0 Å². The van der Waals surface area contributed by atoms with Crippen molar-refractivity contribution in [2.24, 2.45) is 0 Å². The number of hydrazine groups is 1. The lowest BCUT2D eigenvalue weighted by atomic mass is 9.82. The number of piperidine rings is 1. The van der Waals surface area contributed by atoms with Crippen molar-refractivity contribution in [2.75, 3.05) is 18.1 Å². The van der Waals surface area contributed by atoms with E-state index in [1.165, 1.54) is 40.1 Å². The Morgan fingerprint density at radius 2 is 1.71 bits per heavy atom. The average molecular weight is 455 g/mol. The maximum absolute atomic E-state index is 13.6. The summed E-state index contributed by atoms with van der Waals surface area (Å²) in [5.41, 5.74) is 10.4. The molecule has 0 saturated carbocycles. The van der Waals surface area contributed by atoms with E-state index in [0.29, 0.717) is 0 Å². The molecule has 2 aromatic carbocycles. The molecule has 3 aliphatic rings. The van der Waals surface area contributed by atoms with Crippen molar-refractivity contribution < 1.29 is 4.39 Å². The summed E-state index contributed by atoms with van der Waals surface area (Å²) in [6.07, 6.45) is 16.8. The molecule has 0 spiro atoms. The smallest absolute Gasteiger partial charge is 0.123 e. The minimum absolute atomic E-state index is 0.183. The van der Waals surface area contributed by atoms with E-state index in [0.717, 1.165) is 63.0 Å². The van der Waals surface area contributed by atoms with Gasteiger partial charge in [-0.2, -0.15) is 0 Å². The van der Waals surface area contributed by atoms with Gasteiger partial charge >= 0.3 is 0 Å². The molecule has 1 fully saturated rings. The van der Waals surface area contributed by atoms with Gasteiger partial charge in [-0.15, -0.1) is 0 Å². The number of benzene rings is 2. The molecule has 6 rings (SSSR count). The zero-order valence-corrected chi connectivity index (χ0v) is 19.8. The number of anilines is 1. The van der Waals surface area contributed by atoms with Crippen LogP contribution >= 0.6 is 0 Å². The molecule has 174 valence electrons. The zero-order valence-electron chi connectivity index (χ0n) is 19.8. The Bertz CT molecular complexity index is 1270. The Balaban J connectivity index is 1.36. The summed E-state index contributed by atoms with van der Waals surface area (Å²) in [6, 6.07) is 11.5. The predicted molar refractivity (Wildman–Crippen MR) is 135 cm³/mol. The zero-order chi connectivity index (χ0) is 23.1. The molecule has 1 aliphatic carbocycles. The predicted octanol–water partition coefficient (Wildman–Crippen LogP) is 6.39. The van der Waals surface area contributed by atoms with Crippen LogP contribution in [-0.4, -0.2) is 27.6 Å². The molecule has 3 heterocycles. The van der Waals surface area contributed by atoms with Crippen molar-refractivity contribution in [1.82, 2.24) is 14.6 Å². The van der Waals surface area contributed by atoms with E-state index in [1.807, 2.05) is 25.4 Å². The number of fused-ring (bicyclic) bond motifs is 2. The van der Waals surface area contributed by atoms with Crippen LogP contribution < -0.4 is 5.01 Å². The van der Waals surface area contributed by atoms with Crippen LogP contribution in [-0.2, 0) is 12.8 Å². The highest BCUT2D eigenvalue weighted by molar-refractivity contribution is 5.68. The quantitative estimate of drug-likeness (QED) is 0.458. The SMILES string of the molecule is Cc1cn(-c2ccc(C=C3CCCN4C3=CCCCCN4c3ccc(F)cc3)c3c2CC3)cn1. The minimum Gasteiger partial charge on any atom is -0.306 e. The maximum Gasteiger partial charge on any atom is 0.123 e. The fourth-order valence-electron chi connectivity index (χ4n) is 5.58. The highest BCUT2D eigenvalue weighted by Gasteiger charge is 2.27. The molecular weight excluding hydrogens is 423 g/mol. The average Bonchev–Trinajstić information content (AvgIpc) is 3.23. The Kier molecular flexibility index (Phi) is 5.48. The number of rotatable bonds is 3. The van der Waals surface area contributed by atoms with Crippen LogP contribution in [0.1, 0.15) is 54.5 Å². The summed E-state index contributed by atoms with van der Waals surface area (Å²) < 4.78 is 15.8. The third kappa shape index (κ3) is 3.83. The monoisotopic (exact) mass is 454 g/mol. The third-order valence-electron chi connectivity index (χ3n) is 7.39. The van der Waals surface area contributed by atoms with Gasteiger partial charge in [0.2, 0.25) is 0 Å². The first kappa shape index (κ1) is 21.2. The van der Waals surface area contributed by atoms with E-state index in [9.17, 15) is 4.39 Å². The van der Waals surface area contributed by atoms with Gasteiger partial charge in [-0.3, -0.25) is 10.0 Å². The molecule has 0 unspecified atom stereocenters. The Morgan fingerprint density at radius 1 is 0.882 bits per heavy atom. The normalized spacial score (nSPS) is 19.1. The van der Waals surface area contributed by atoms with Crippen LogP contribution in [0, 0.1) is 12.7 Å². The van der Waals surface area contributed by atoms with E-state index in [2.05, 4.69) is 50.1 Å². The number of aryl methyl sites for hydroxylation is 1. The summed E-state index contributed by atoms with van der Waals surface area (Å²) in [5.74, 6) is -0.183. The molecule has 0 bridgehead atoms. The summed E-state index contributed by atoms with van der Waals surface area (Å²) in [6.45, 7) is 4.00. The van der Waals surface area contributed by atoms with E-state index < -0.39 is 0 Å². The number of halogens is 1. The second-order valence-corrected chi connectivity index (χ2v) is 9.63. The maximum atomic E-state index is 13.6. The first-order chi connectivity index (χ1) is 16.7. The van der Waals surface area contributed by atoms with Crippen molar-refractivity contribution in [3.05, 3.63) is 94.5 Å². The summed E-state index contributed by atoms with van der Waals surface area (Å²) in [7, 11) is 0. The molecule has 0 amide bonds. The Morgan fingerprint density at radius 3 is 2.47 bits per heavy atom. The molecule has 0 atom stereocenters. The molecule has 5 heteroatoms. The Labute approximate surface area is 201 Å². The first-order valence-electron chi connectivity index (χ1n) is 12.5. The largest absolute Gasteiger partial charge is 0.306 e. The lowest BCUT2D eigenvalue weighted by Gasteiger charge is -2.44. The molecular formula is C29H31FN4. The second kappa shape index (κ2) is 8.79. The topological polar surface area (TPSA) is 24.3 Å². The first-order valence-corrected chi connectivity index (χ1v) is 12.5. The van der Waals surface area contributed by atoms with Gasteiger partial charge in [0.25, 0.3) is 0 Å². The second-order valence-electron chi connectivity index (χ2n) is 9.63.